The largest absolute Gasteiger partial charge is 0.478 e. The van der Waals surface area contributed by atoms with E-state index in [1.807, 2.05) is 43.1 Å². The Labute approximate surface area is 148 Å². The number of hydrogen-bond acceptors (Lipinski definition) is 4. The quantitative estimate of drug-likeness (QED) is 0.468. The minimum absolute atomic E-state index is 0.0947. The first kappa shape index (κ1) is 18.9. The van der Waals surface area contributed by atoms with Crippen molar-refractivity contribution in [1.29, 1.82) is 0 Å². The Morgan fingerprint density at radius 3 is 2.48 bits per heavy atom. The summed E-state index contributed by atoms with van der Waals surface area (Å²) in [4.78, 5) is 24.9. The molecule has 25 heavy (non-hydrogen) atoms. The van der Waals surface area contributed by atoms with Crippen LogP contribution in [-0.2, 0) is 14.3 Å². The van der Waals surface area contributed by atoms with Gasteiger partial charge in [0.15, 0.2) is 6.29 Å². The second-order valence-corrected chi connectivity index (χ2v) is 6.47. The second-order valence-electron chi connectivity index (χ2n) is 6.47. The van der Waals surface area contributed by atoms with Gasteiger partial charge >= 0.3 is 5.97 Å². The number of allylic oxidation sites excluding steroid dienone is 1. The van der Waals surface area contributed by atoms with Crippen LogP contribution in [0.25, 0.3) is 5.57 Å². The van der Waals surface area contributed by atoms with Crippen molar-refractivity contribution in [3.8, 4) is 0 Å². The maximum absolute atomic E-state index is 11.6. The number of nitrogens with zero attached hydrogens (tertiary/aromatic N) is 1. The Balaban J connectivity index is 2.18. The highest BCUT2D eigenvalue weighted by Crippen LogP contribution is 2.18. The number of carboxylic acid groups (broad SMARTS) is 1. The van der Waals surface area contributed by atoms with Gasteiger partial charge in [-0.3, -0.25) is 4.79 Å². The van der Waals surface area contributed by atoms with E-state index in [0.717, 1.165) is 38.2 Å². The summed E-state index contributed by atoms with van der Waals surface area (Å²) in [6.45, 7) is 4.25. The van der Waals surface area contributed by atoms with Crippen molar-refractivity contribution in [1.82, 2.24) is 4.90 Å². The Hall–Kier alpha value is -2.40. The molecule has 0 saturated carbocycles. The minimum Gasteiger partial charge on any atom is -0.478 e. The minimum atomic E-state index is -1.05. The van der Waals surface area contributed by atoms with E-state index < -0.39 is 5.97 Å². The molecule has 1 saturated heterocycles. The van der Waals surface area contributed by atoms with E-state index in [1.165, 1.54) is 6.08 Å². The first-order chi connectivity index (χ1) is 12.0. The summed E-state index contributed by atoms with van der Waals surface area (Å²) in [7, 11) is 1.86. The summed E-state index contributed by atoms with van der Waals surface area (Å²) >= 11 is 0. The first-order valence-electron chi connectivity index (χ1n) is 8.46. The van der Waals surface area contributed by atoms with E-state index in [4.69, 9.17) is 4.74 Å². The van der Waals surface area contributed by atoms with E-state index in [0.29, 0.717) is 23.3 Å². The van der Waals surface area contributed by atoms with Crippen LogP contribution in [0, 0.1) is 12.8 Å². The fourth-order valence-corrected chi connectivity index (χ4v) is 2.88. The number of aliphatic carboxylic acids is 1. The third-order valence-corrected chi connectivity index (χ3v) is 4.32. The van der Waals surface area contributed by atoms with Gasteiger partial charge in [0.25, 0.3) is 0 Å². The zero-order valence-electron chi connectivity index (χ0n) is 14.8. The van der Waals surface area contributed by atoms with Crippen LogP contribution in [0.4, 0.5) is 0 Å². The van der Waals surface area contributed by atoms with E-state index in [-0.39, 0.29) is 5.57 Å². The number of carbonyl (C=O) groups excluding carboxylic acids is 1. The maximum Gasteiger partial charge on any atom is 0.337 e. The lowest BCUT2D eigenvalue weighted by Crippen LogP contribution is -2.27. The van der Waals surface area contributed by atoms with E-state index in [9.17, 15) is 14.7 Å². The van der Waals surface area contributed by atoms with Crippen molar-refractivity contribution >= 4 is 17.8 Å². The highest BCUT2D eigenvalue weighted by molar-refractivity contribution is 6.10. The molecule has 2 rings (SSSR count). The molecule has 0 aromatic heterocycles. The number of benzene rings is 1. The molecule has 1 aliphatic rings. The molecule has 1 aromatic carbocycles. The van der Waals surface area contributed by atoms with Gasteiger partial charge < -0.3 is 14.7 Å². The molecule has 134 valence electrons. The van der Waals surface area contributed by atoms with Crippen LogP contribution < -0.4 is 0 Å². The molecule has 0 unspecified atom stereocenters. The lowest BCUT2D eigenvalue weighted by molar-refractivity contribution is -0.132. The SMILES string of the molecule is Cc1ccc(/C(C=O)=C/C(=C\N(C)CC2CCOCC2)C(=O)O)cc1. The number of carboxylic acids is 1. The summed E-state index contributed by atoms with van der Waals surface area (Å²) in [6.07, 6.45) is 5.69. The van der Waals surface area contributed by atoms with E-state index >= 15 is 0 Å². The van der Waals surface area contributed by atoms with Gasteiger partial charge in [0.2, 0.25) is 0 Å². The second kappa shape index (κ2) is 9.18. The topological polar surface area (TPSA) is 66.8 Å². The van der Waals surface area contributed by atoms with Crippen molar-refractivity contribution in [3.63, 3.8) is 0 Å². The number of ether oxygens (including phenoxy) is 1. The summed E-state index contributed by atoms with van der Waals surface area (Å²) in [5, 5.41) is 9.49. The molecule has 1 aromatic rings. The zero-order chi connectivity index (χ0) is 18.2. The molecular formula is C20H25NO4. The first-order valence-corrected chi connectivity index (χ1v) is 8.46. The number of aldehydes is 1. The summed E-state index contributed by atoms with van der Waals surface area (Å²) < 4.78 is 5.35. The van der Waals surface area contributed by atoms with Crippen LogP contribution in [0.5, 0.6) is 0 Å². The predicted molar refractivity (Wildman–Crippen MR) is 97.1 cm³/mol. The molecule has 0 radical (unpaired) electrons. The number of hydrogen-bond donors (Lipinski definition) is 1. The van der Waals surface area contributed by atoms with E-state index in [1.54, 1.807) is 6.20 Å². The predicted octanol–water partition coefficient (Wildman–Crippen LogP) is 2.90. The van der Waals surface area contributed by atoms with Crippen LogP contribution in [0.1, 0.15) is 24.0 Å². The normalized spacial score (nSPS) is 16.6. The highest BCUT2D eigenvalue weighted by atomic mass is 16.5. The van der Waals surface area contributed by atoms with Gasteiger partial charge in [0.05, 0.1) is 5.57 Å². The zero-order valence-corrected chi connectivity index (χ0v) is 14.8. The Bertz CT molecular complexity index is 655. The van der Waals surface area contributed by atoms with Crippen LogP contribution in [0.15, 0.2) is 42.1 Å². The Morgan fingerprint density at radius 2 is 1.92 bits per heavy atom. The van der Waals surface area contributed by atoms with Gasteiger partial charge in [0, 0.05) is 38.6 Å². The molecule has 0 atom stereocenters. The standard InChI is InChI=1S/C20H25NO4/c1-15-3-5-17(6-4-15)19(14-22)11-18(20(23)24)13-21(2)12-16-7-9-25-10-8-16/h3-6,11,13-14,16H,7-10,12H2,1-2H3,(H,23,24)/b18-13+,19-11+. The van der Waals surface area contributed by atoms with Gasteiger partial charge in [-0.05, 0) is 37.3 Å². The lowest BCUT2D eigenvalue weighted by atomic mass is 10.00. The van der Waals surface area contributed by atoms with Gasteiger partial charge in [-0.25, -0.2) is 4.79 Å². The molecule has 1 heterocycles. The average Bonchev–Trinajstić information content (AvgIpc) is 2.60. The van der Waals surface area contributed by atoms with Crippen LogP contribution in [-0.4, -0.2) is 49.1 Å². The van der Waals surface area contributed by atoms with Crippen LogP contribution in [0.3, 0.4) is 0 Å². The highest BCUT2D eigenvalue weighted by Gasteiger charge is 2.16. The molecule has 0 bridgehead atoms. The van der Waals surface area contributed by atoms with Crippen LogP contribution in [0.2, 0.25) is 0 Å². The number of carbonyl (C=O) groups is 2. The van der Waals surface area contributed by atoms with E-state index in [2.05, 4.69) is 0 Å². The summed E-state index contributed by atoms with van der Waals surface area (Å²) in [5.74, 6) is -0.554. The molecule has 5 heteroatoms. The number of aryl methyl sites for hydroxylation is 1. The van der Waals surface area contributed by atoms with Crippen molar-refractivity contribution in [2.45, 2.75) is 19.8 Å². The lowest BCUT2D eigenvalue weighted by Gasteiger charge is -2.26. The molecular weight excluding hydrogens is 318 g/mol. The van der Waals surface area contributed by atoms with Crippen LogP contribution >= 0.6 is 0 Å². The third-order valence-electron chi connectivity index (χ3n) is 4.32. The molecule has 0 spiro atoms. The fraction of sp³-hybridized carbons (Fsp3) is 0.400. The fourth-order valence-electron chi connectivity index (χ4n) is 2.88. The molecule has 1 aliphatic heterocycles. The average molecular weight is 343 g/mol. The summed E-state index contributed by atoms with van der Waals surface area (Å²) in [6, 6.07) is 7.43. The molecule has 1 fully saturated rings. The van der Waals surface area contributed by atoms with Crippen molar-refractivity contribution in [2.75, 3.05) is 26.8 Å². The van der Waals surface area contributed by atoms with Gasteiger partial charge in [-0.15, -0.1) is 0 Å². The molecule has 0 amide bonds. The smallest absolute Gasteiger partial charge is 0.337 e. The van der Waals surface area contributed by atoms with Crippen molar-refractivity contribution in [3.05, 3.63) is 53.2 Å². The molecule has 0 aliphatic carbocycles. The van der Waals surface area contributed by atoms with Gasteiger partial charge in [-0.2, -0.15) is 0 Å². The van der Waals surface area contributed by atoms with Crippen molar-refractivity contribution < 1.29 is 19.4 Å². The van der Waals surface area contributed by atoms with Gasteiger partial charge in [-0.1, -0.05) is 29.8 Å². The maximum atomic E-state index is 11.6. The van der Waals surface area contributed by atoms with Gasteiger partial charge in [0.1, 0.15) is 0 Å². The molecule has 5 nitrogen and oxygen atoms in total. The monoisotopic (exact) mass is 343 g/mol. The Morgan fingerprint density at radius 1 is 1.28 bits per heavy atom. The summed E-state index contributed by atoms with van der Waals surface area (Å²) in [5.41, 5.74) is 2.24. The number of rotatable bonds is 7. The molecule has 1 N–H and O–H groups in total. The Kier molecular flexibility index (Phi) is 6.95. The third kappa shape index (κ3) is 5.87. The van der Waals surface area contributed by atoms with Crippen molar-refractivity contribution in [2.24, 2.45) is 5.92 Å².